The first-order chi connectivity index (χ1) is 13.7. The number of nitrogens with one attached hydrogen (secondary N) is 1. The van der Waals surface area contributed by atoms with Gasteiger partial charge in [-0.3, -0.25) is 14.9 Å². The highest BCUT2D eigenvalue weighted by molar-refractivity contribution is 7.98. The van der Waals surface area contributed by atoms with Gasteiger partial charge >= 0.3 is 0 Å². The fourth-order valence-electron chi connectivity index (χ4n) is 2.84. The van der Waals surface area contributed by atoms with Crippen LogP contribution in [0.3, 0.4) is 0 Å². The number of ketones is 1. The summed E-state index contributed by atoms with van der Waals surface area (Å²) < 4.78 is 1.03. The first-order valence-electron chi connectivity index (χ1n) is 8.60. The molecule has 0 aliphatic rings. The van der Waals surface area contributed by atoms with Crippen molar-refractivity contribution in [2.75, 3.05) is 11.6 Å². The molecule has 0 saturated carbocycles. The molecule has 0 unspecified atom stereocenters. The maximum Gasteiger partial charge on any atom is 0.257 e. The number of anilines is 1. The Labute approximate surface area is 170 Å². The second-order valence-corrected chi connectivity index (χ2v) is 7.93. The number of fused-ring (bicyclic) bond motifs is 1. The van der Waals surface area contributed by atoms with Gasteiger partial charge in [0.05, 0.1) is 10.2 Å². The molecule has 1 heterocycles. The Morgan fingerprint density at radius 2 is 1.54 bits per heavy atom. The summed E-state index contributed by atoms with van der Waals surface area (Å²) in [7, 11) is 0. The van der Waals surface area contributed by atoms with E-state index < -0.39 is 0 Å². The molecular weight excluding hydrogens is 388 g/mol. The van der Waals surface area contributed by atoms with Gasteiger partial charge in [0.1, 0.15) is 0 Å². The van der Waals surface area contributed by atoms with Crippen LogP contribution in [0.2, 0.25) is 0 Å². The molecule has 4 nitrogen and oxygen atoms in total. The summed E-state index contributed by atoms with van der Waals surface area (Å²) in [6, 6.07) is 21.7. The molecule has 0 fully saturated rings. The minimum absolute atomic E-state index is 0.0664. The van der Waals surface area contributed by atoms with Crippen molar-refractivity contribution in [2.24, 2.45) is 0 Å². The van der Waals surface area contributed by atoms with Gasteiger partial charge in [0.15, 0.2) is 10.9 Å². The van der Waals surface area contributed by atoms with E-state index in [0.29, 0.717) is 21.8 Å². The molecule has 1 amide bonds. The lowest BCUT2D eigenvalue weighted by Crippen LogP contribution is -2.12. The molecule has 138 valence electrons. The molecule has 28 heavy (non-hydrogen) atoms. The molecule has 0 bridgehead atoms. The third-order valence-electron chi connectivity index (χ3n) is 4.27. The van der Waals surface area contributed by atoms with Crippen LogP contribution in [0.1, 0.15) is 26.3 Å². The summed E-state index contributed by atoms with van der Waals surface area (Å²) in [6.45, 7) is 0. The monoisotopic (exact) mass is 404 g/mol. The van der Waals surface area contributed by atoms with E-state index in [0.717, 1.165) is 15.1 Å². The van der Waals surface area contributed by atoms with E-state index in [4.69, 9.17) is 0 Å². The standard InChI is InChI=1S/C22H16N2O2S2/c1-27-17-8-5-9-18-19(17)23-22(28-18)24-21(26)16-12-10-15(11-13-16)20(25)14-6-3-2-4-7-14/h2-13H,1H3,(H,23,24,26). The van der Waals surface area contributed by atoms with Crippen LogP contribution in [0, 0.1) is 0 Å². The number of aromatic nitrogens is 1. The second kappa shape index (κ2) is 7.96. The van der Waals surface area contributed by atoms with Gasteiger partial charge in [0.2, 0.25) is 0 Å². The predicted molar refractivity (Wildman–Crippen MR) is 116 cm³/mol. The predicted octanol–water partition coefficient (Wildman–Crippen LogP) is 5.50. The van der Waals surface area contributed by atoms with Crippen LogP contribution in [0.15, 0.2) is 77.7 Å². The number of thioether (sulfide) groups is 1. The average molecular weight is 405 g/mol. The molecule has 4 rings (SSSR count). The number of hydrogen-bond donors (Lipinski definition) is 1. The fourth-order valence-corrected chi connectivity index (χ4v) is 4.36. The second-order valence-electron chi connectivity index (χ2n) is 6.05. The Bertz CT molecular complexity index is 1150. The summed E-state index contributed by atoms with van der Waals surface area (Å²) in [5, 5.41) is 3.41. The number of rotatable bonds is 5. The number of amides is 1. The summed E-state index contributed by atoms with van der Waals surface area (Å²) >= 11 is 3.07. The van der Waals surface area contributed by atoms with Crippen molar-refractivity contribution in [1.29, 1.82) is 0 Å². The Morgan fingerprint density at radius 1 is 0.857 bits per heavy atom. The van der Waals surface area contributed by atoms with Gasteiger partial charge in [-0.15, -0.1) is 11.8 Å². The molecule has 0 radical (unpaired) electrons. The van der Waals surface area contributed by atoms with Gasteiger partial charge in [-0.1, -0.05) is 59.9 Å². The third kappa shape index (κ3) is 3.69. The highest BCUT2D eigenvalue weighted by atomic mass is 32.2. The van der Waals surface area contributed by atoms with Gasteiger partial charge in [0, 0.05) is 21.6 Å². The number of hydrogen-bond acceptors (Lipinski definition) is 5. The van der Waals surface area contributed by atoms with E-state index in [9.17, 15) is 9.59 Å². The molecule has 0 spiro atoms. The molecule has 0 saturated heterocycles. The fraction of sp³-hybridized carbons (Fsp3) is 0.0455. The van der Waals surface area contributed by atoms with Gasteiger partial charge < -0.3 is 0 Å². The van der Waals surface area contributed by atoms with Gasteiger partial charge in [0.25, 0.3) is 5.91 Å². The van der Waals surface area contributed by atoms with Crippen LogP contribution in [-0.4, -0.2) is 22.9 Å². The molecule has 4 aromatic rings. The minimum atomic E-state index is -0.247. The third-order valence-corrected chi connectivity index (χ3v) is 5.97. The number of nitrogens with zero attached hydrogens (tertiary/aromatic N) is 1. The lowest BCUT2D eigenvalue weighted by atomic mass is 10.0. The van der Waals surface area contributed by atoms with Crippen LogP contribution in [0.4, 0.5) is 5.13 Å². The lowest BCUT2D eigenvalue weighted by molar-refractivity contribution is 0.102. The molecule has 1 aromatic heterocycles. The zero-order valence-electron chi connectivity index (χ0n) is 15.0. The van der Waals surface area contributed by atoms with Crippen LogP contribution in [0.25, 0.3) is 10.2 Å². The SMILES string of the molecule is CSc1cccc2sc(NC(=O)c3ccc(C(=O)c4ccccc4)cc3)nc12. The Morgan fingerprint density at radius 3 is 2.25 bits per heavy atom. The average Bonchev–Trinajstić information content (AvgIpc) is 3.16. The zero-order valence-corrected chi connectivity index (χ0v) is 16.6. The van der Waals surface area contributed by atoms with Crippen molar-refractivity contribution < 1.29 is 9.59 Å². The van der Waals surface area contributed by atoms with Crippen molar-refractivity contribution in [3.8, 4) is 0 Å². The minimum Gasteiger partial charge on any atom is -0.298 e. The van der Waals surface area contributed by atoms with Crippen molar-refractivity contribution in [3.05, 3.63) is 89.5 Å². The summed E-state index contributed by atoms with van der Waals surface area (Å²) in [5.41, 5.74) is 2.55. The molecule has 0 aliphatic carbocycles. The number of benzene rings is 3. The van der Waals surface area contributed by atoms with Crippen LogP contribution in [-0.2, 0) is 0 Å². The molecular formula is C22H16N2O2S2. The van der Waals surface area contributed by atoms with Crippen molar-refractivity contribution in [3.63, 3.8) is 0 Å². The van der Waals surface area contributed by atoms with E-state index in [1.807, 2.05) is 42.7 Å². The molecule has 6 heteroatoms. The van der Waals surface area contributed by atoms with Gasteiger partial charge in [-0.25, -0.2) is 4.98 Å². The number of carbonyl (C=O) groups is 2. The summed E-state index contributed by atoms with van der Waals surface area (Å²) in [6.07, 6.45) is 2.00. The van der Waals surface area contributed by atoms with E-state index in [2.05, 4.69) is 10.3 Å². The zero-order chi connectivity index (χ0) is 19.5. The Kier molecular flexibility index (Phi) is 5.23. The van der Waals surface area contributed by atoms with Crippen molar-refractivity contribution in [2.45, 2.75) is 4.90 Å². The van der Waals surface area contributed by atoms with Crippen molar-refractivity contribution in [1.82, 2.24) is 4.98 Å². The maximum absolute atomic E-state index is 12.6. The first kappa shape index (κ1) is 18.4. The first-order valence-corrected chi connectivity index (χ1v) is 10.6. The molecule has 1 N–H and O–H groups in total. The summed E-state index contributed by atoms with van der Waals surface area (Å²) in [4.78, 5) is 30.7. The number of thiazole rings is 1. The van der Waals surface area contributed by atoms with Gasteiger partial charge in [-0.2, -0.15) is 0 Å². The Hall–Kier alpha value is -2.96. The molecule has 0 atom stereocenters. The number of carbonyl (C=O) groups excluding carboxylic acids is 2. The largest absolute Gasteiger partial charge is 0.298 e. The topological polar surface area (TPSA) is 59.1 Å². The quantitative estimate of drug-likeness (QED) is 0.352. The lowest BCUT2D eigenvalue weighted by Gasteiger charge is -2.04. The van der Waals surface area contributed by atoms with Gasteiger partial charge in [-0.05, 0) is 30.5 Å². The highest BCUT2D eigenvalue weighted by Gasteiger charge is 2.13. The van der Waals surface area contributed by atoms with Crippen LogP contribution >= 0.6 is 23.1 Å². The number of para-hydroxylation sites is 1. The van der Waals surface area contributed by atoms with E-state index in [1.54, 1.807) is 48.2 Å². The van der Waals surface area contributed by atoms with E-state index in [-0.39, 0.29) is 11.7 Å². The Balaban J connectivity index is 1.52. The summed E-state index contributed by atoms with van der Waals surface area (Å²) in [5.74, 6) is -0.313. The van der Waals surface area contributed by atoms with E-state index in [1.165, 1.54) is 11.3 Å². The van der Waals surface area contributed by atoms with Crippen LogP contribution in [0.5, 0.6) is 0 Å². The van der Waals surface area contributed by atoms with Crippen molar-refractivity contribution >= 4 is 50.1 Å². The van der Waals surface area contributed by atoms with Crippen LogP contribution < -0.4 is 5.32 Å². The maximum atomic E-state index is 12.6. The smallest absolute Gasteiger partial charge is 0.257 e. The molecule has 0 aliphatic heterocycles. The highest BCUT2D eigenvalue weighted by Crippen LogP contribution is 2.32. The normalized spacial score (nSPS) is 10.8. The van der Waals surface area contributed by atoms with E-state index >= 15 is 0 Å². The molecule has 3 aromatic carbocycles.